The van der Waals surface area contributed by atoms with Gasteiger partial charge < -0.3 is 20.1 Å². The number of benzene rings is 1. The van der Waals surface area contributed by atoms with Crippen molar-refractivity contribution in [3.05, 3.63) is 70.1 Å². The fourth-order valence-electron chi connectivity index (χ4n) is 3.29. The van der Waals surface area contributed by atoms with Crippen molar-refractivity contribution in [3.63, 3.8) is 0 Å². The number of likely N-dealkylation sites (tertiary alicyclic amines) is 1. The monoisotopic (exact) mass is 395 g/mol. The van der Waals surface area contributed by atoms with E-state index < -0.39 is 0 Å². The average Bonchev–Trinajstić information content (AvgIpc) is 3.28. The first-order valence-electron chi connectivity index (χ1n) is 10.2. The first kappa shape index (κ1) is 20.6. The molecular formula is C22H29N5O2. The number of rotatable bonds is 7. The predicted octanol–water partition coefficient (Wildman–Crippen LogP) is 1.57. The molecule has 1 aromatic carbocycles. The standard InChI is InChI=1S/C22H29N5O2/c1-2-23-22(25-16-21(29)26-12-5-6-13-26)24-15-18-8-10-19(11-9-18)17-27-14-4-3-7-20(27)28/h3-4,7-11,14H,2,5-6,12-13,15-17H2,1H3,(H2,23,24,25). The number of guanidine groups is 1. The molecule has 0 atom stereocenters. The normalized spacial score (nSPS) is 14.1. The Morgan fingerprint density at radius 1 is 1.03 bits per heavy atom. The maximum Gasteiger partial charge on any atom is 0.250 e. The number of carbonyl (C=O) groups is 1. The van der Waals surface area contributed by atoms with Gasteiger partial charge in [0.25, 0.3) is 5.56 Å². The Labute approximate surface area is 171 Å². The van der Waals surface area contributed by atoms with Crippen molar-refractivity contribution >= 4 is 11.9 Å². The molecule has 0 aliphatic carbocycles. The molecule has 154 valence electrons. The minimum absolute atomic E-state index is 0.00832. The molecule has 1 saturated heterocycles. The first-order valence-corrected chi connectivity index (χ1v) is 10.2. The highest BCUT2D eigenvalue weighted by atomic mass is 16.2. The van der Waals surface area contributed by atoms with Crippen molar-refractivity contribution in [2.75, 3.05) is 26.2 Å². The van der Waals surface area contributed by atoms with Crippen molar-refractivity contribution in [2.45, 2.75) is 32.9 Å². The maximum absolute atomic E-state index is 12.2. The van der Waals surface area contributed by atoms with E-state index in [-0.39, 0.29) is 18.0 Å². The van der Waals surface area contributed by atoms with Gasteiger partial charge in [0.15, 0.2) is 5.96 Å². The molecule has 29 heavy (non-hydrogen) atoms. The van der Waals surface area contributed by atoms with Gasteiger partial charge in [-0.15, -0.1) is 0 Å². The van der Waals surface area contributed by atoms with Gasteiger partial charge in [0, 0.05) is 31.9 Å². The van der Waals surface area contributed by atoms with Gasteiger partial charge >= 0.3 is 0 Å². The molecule has 1 fully saturated rings. The van der Waals surface area contributed by atoms with Crippen molar-refractivity contribution in [1.29, 1.82) is 0 Å². The lowest BCUT2D eigenvalue weighted by atomic mass is 10.1. The molecule has 0 bridgehead atoms. The van der Waals surface area contributed by atoms with Crippen LogP contribution in [0, 0.1) is 0 Å². The van der Waals surface area contributed by atoms with Crippen LogP contribution in [-0.2, 0) is 17.9 Å². The molecular weight excluding hydrogens is 366 g/mol. The van der Waals surface area contributed by atoms with E-state index in [9.17, 15) is 9.59 Å². The summed E-state index contributed by atoms with van der Waals surface area (Å²) in [6, 6.07) is 13.2. The topological polar surface area (TPSA) is 78.7 Å². The maximum atomic E-state index is 12.2. The highest BCUT2D eigenvalue weighted by molar-refractivity contribution is 5.86. The van der Waals surface area contributed by atoms with E-state index in [1.807, 2.05) is 42.2 Å². The third-order valence-corrected chi connectivity index (χ3v) is 4.90. The lowest BCUT2D eigenvalue weighted by Crippen LogP contribution is -2.44. The van der Waals surface area contributed by atoms with Gasteiger partial charge in [0.1, 0.15) is 0 Å². The number of pyridine rings is 1. The highest BCUT2D eigenvalue weighted by Gasteiger charge is 2.17. The zero-order valence-electron chi connectivity index (χ0n) is 16.9. The molecule has 0 unspecified atom stereocenters. The number of nitrogens with zero attached hydrogens (tertiary/aromatic N) is 3. The van der Waals surface area contributed by atoms with E-state index in [0.29, 0.717) is 19.0 Å². The van der Waals surface area contributed by atoms with Crippen LogP contribution in [0.5, 0.6) is 0 Å². The Morgan fingerprint density at radius 3 is 2.45 bits per heavy atom. The second kappa shape index (κ2) is 10.5. The van der Waals surface area contributed by atoms with Gasteiger partial charge in [-0.3, -0.25) is 9.59 Å². The van der Waals surface area contributed by atoms with Gasteiger partial charge in [-0.2, -0.15) is 0 Å². The third-order valence-electron chi connectivity index (χ3n) is 4.90. The summed E-state index contributed by atoms with van der Waals surface area (Å²) in [5.74, 6) is 0.758. The predicted molar refractivity (Wildman–Crippen MR) is 115 cm³/mol. The number of hydrogen-bond acceptors (Lipinski definition) is 3. The van der Waals surface area contributed by atoms with Gasteiger partial charge in [-0.25, -0.2) is 4.99 Å². The summed E-state index contributed by atoms with van der Waals surface area (Å²) in [6.45, 7) is 5.76. The molecule has 1 amide bonds. The lowest BCUT2D eigenvalue weighted by Gasteiger charge is -2.17. The molecule has 1 aliphatic heterocycles. The molecule has 2 aromatic rings. The SMILES string of the molecule is CCNC(=NCc1ccc(Cn2ccccc2=O)cc1)NCC(=O)N1CCCC1. The van der Waals surface area contributed by atoms with Crippen LogP contribution < -0.4 is 16.2 Å². The summed E-state index contributed by atoms with van der Waals surface area (Å²) >= 11 is 0. The van der Waals surface area contributed by atoms with Gasteiger partial charge in [-0.05, 0) is 37.0 Å². The van der Waals surface area contributed by atoms with Crippen molar-refractivity contribution in [1.82, 2.24) is 20.1 Å². The number of aromatic nitrogens is 1. The number of aliphatic imine (C=N–C) groups is 1. The van der Waals surface area contributed by atoms with Gasteiger partial charge in [0.05, 0.1) is 19.6 Å². The van der Waals surface area contributed by atoms with E-state index in [4.69, 9.17) is 0 Å². The van der Waals surface area contributed by atoms with Gasteiger partial charge in [-0.1, -0.05) is 30.3 Å². The summed E-state index contributed by atoms with van der Waals surface area (Å²) < 4.78 is 1.68. The van der Waals surface area contributed by atoms with Crippen LogP contribution in [0.1, 0.15) is 30.9 Å². The number of carbonyl (C=O) groups excluding carboxylic acids is 1. The molecule has 0 spiro atoms. The van der Waals surface area contributed by atoms with Crippen LogP contribution in [0.15, 0.2) is 58.4 Å². The average molecular weight is 396 g/mol. The summed E-state index contributed by atoms with van der Waals surface area (Å²) in [5, 5.41) is 6.31. The Kier molecular flexibility index (Phi) is 7.44. The largest absolute Gasteiger partial charge is 0.357 e. The fourth-order valence-corrected chi connectivity index (χ4v) is 3.29. The van der Waals surface area contributed by atoms with Crippen LogP contribution in [0.3, 0.4) is 0 Å². The van der Waals surface area contributed by atoms with E-state index >= 15 is 0 Å². The first-order chi connectivity index (χ1) is 14.2. The van der Waals surface area contributed by atoms with Crippen molar-refractivity contribution in [2.24, 2.45) is 4.99 Å². The zero-order valence-corrected chi connectivity index (χ0v) is 16.9. The summed E-state index contributed by atoms with van der Waals surface area (Å²) in [5.41, 5.74) is 2.12. The Bertz CT molecular complexity index is 883. The summed E-state index contributed by atoms with van der Waals surface area (Å²) in [4.78, 5) is 30.5. The molecule has 0 saturated carbocycles. The minimum Gasteiger partial charge on any atom is -0.357 e. The van der Waals surface area contributed by atoms with E-state index in [1.54, 1.807) is 22.9 Å². The zero-order chi connectivity index (χ0) is 20.5. The summed E-state index contributed by atoms with van der Waals surface area (Å²) in [6.07, 6.45) is 3.97. The number of nitrogens with one attached hydrogen (secondary N) is 2. The van der Waals surface area contributed by atoms with Crippen LogP contribution in [-0.4, -0.2) is 47.5 Å². The molecule has 3 rings (SSSR count). The van der Waals surface area contributed by atoms with Crippen LogP contribution >= 0.6 is 0 Å². The highest BCUT2D eigenvalue weighted by Crippen LogP contribution is 2.08. The molecule has 0 radical (unpaired) electrons. The van der Waals surface area contributed by atoms with Crippen molar-refractivity contribution < 1.29 is 4.79 Å². The smallest absolute Gasteiger partial charge is 0.250 e. The Balaban J connectivity index is 1.55. The molecule has 7 heteroatoms. The van der Waals surface area contributed by atoms with Crippen LogP contribution in [0.2, 0.25) is 0 Å². The molecule has 7 nitrogen and oxygen atoms in total. The van der Waals surface area contributed by atoms with E-state index in [2.05, 4.69) is 15.6 Å². The number of hydrogen-bond donors (Lipinski definition) is 2. The number of amides is 1. The minimum atomic E-state index is -0.00832. The van der Waals surface area contributed by atoms with E-state index in [0.717, 1.165) is 43.6 Å². The second-order valence-corrected chi connectivity index (χ2v) is 7.12. The molecule has 2 heterocycles. The van der Waals surface area contributed by atoms with Gasteiger partial charge in [0.2, 0.25) is 5.91 Å². The molecule has 1 aromatic heterocycles. The third kappa shape index (κ3) is 6.20. The Hall–Kier alpha value is -3.09. The Morgan fingerprint density at radius 2 is 1.76 bits per heavy atom. The molecule has 1 aliphatic rings. The van der Waals surface area contributed by atoms with Crippen LogP contribution in [0.25, 0.3) is 0 Å². The summed E-state index contributed by atoms with van der Waals surface area (Å²) in [7, 11) is 0. The van der Waals surface area contributed by atoms with E-state index in [1.165, 1.54) is 0 Å². The van der Waals surface area contributed by atoms with Crippen LogP contribution in [0.4, 0.5) is 0 Å². The molecule has 2 N–H and O–H groups in total. The van der Waals surface area contributed by atoms with Crippen molar-refractivity contribution in [3.8, 4) is 0 Å². The quantitative estimate of drug-likeness (QED) is 0.551. The lowest BCUT2D eigenvalue weighted by molar-refractivity contribution is -0.128. The fraction of sp³-hybridized carbons (Fsp3) is 0.409. The second-order valence-electron chi connectivity index (χ2n) is 7.12.